The van der Waals surface area contributed by atoms with E-state index in [1.54, 1.807) is 6.07 Å². The summed E-state index contributed by atoms with van der Waals surface area (Å²) in [5.74, 6) is 0. The Labute approximate surface area is 90.3 Å². The van der Waals surface area contributed by atoms with E-state index in [1.807, 2.05) is 35.9 Å². The van der Waals surface area contributed by atoms with E-state index < -0.39 is 0 Å². The van der Waals surface area contributed by atoms with Crippen LogP contribution in [0.1, 0.15) is 5.69 Å². The number of hydrogen-bond donors (Lipinski definition) is 0. The molecule has 0 saturated carbocycles. The molecule has 0 saturated heterocycles. The normalized spacial score (nSPS) is 10.7. The second kappa shape index (κ2) is 3.58. The summed E-state index contributed by atoms with van der Waals surface area (Å²) in [7, 11) is 1.97. The van der Waals surface area contributed by atoms with Crippen LogP contribution in [-0.4, -0.2) is 4.57 Å². The third kappa shape index (κ3) is 1.38. The van der Waals surface area contributed by atoms with Gasteiger partial charge in [0.2, 0.25) is 0 Å². The fourth-order valence-corrected chi connectivity index (χ4v) is 2.12. The van der Waals surface area contributed by atoms with Gasteiger partial charge in [-0.2, -0.15) is 0 Å². The Bertz CT molecular complexity index is 530. The predicted molar refractivity (Wildman–Crippen MR) is 61.8 cm³/mol. The number of benzene rings is 1. The number of fused-ring (bicyclic) bond motifs is 1. The van der Waals surface area contributed by atoms with Crippen molar-refractivity contribution in [3.63, 3.8) is 0 Å². The van der Waals surface area contributed by atoms with Gasteiger partial charge in [-0.25, -0.2) is 0 Å². The van der Waals surface area contributed by atoms with Crippen molar-refractivity contribution in [1.29, 1.82) is 0 Å². The molecule has 0 aliphatic heterocycles. The standard InChI is InChI=1S/C11H10BrNO/c1-13-8(7-12)6-11(14)9-4-2-3-5-10(9)13/h2-6H,7H2,1H3. The zero-order chi connectivity index (χ0) is 10.1. The van der Waals surface area contributed by atoms with Crippen LogP contribution in [0.2, 0.25) is 0 Å². The second-order valence-electron chi connectivity index (χ2n) is 3.21. The molecule has 2 nitrogen and oxygen atoms in total. The molecule has 0 unspecified atom stereocenters. The Morgan fingerprint density at radius 3 is 2.79 bits per heavy atom. The molecule has 0 fully saturated rings. The highest BCUT2D eigenvalue weighted by atomic mass is 79.9. The summed E-state index contributed by atoms with van der Waals surface area (Å²) in [6.45, 7) is 0. The van der Waals surface area contributed by atoms with Crippen molar-refractivity contribution in [3.8, 4) is 0 Å². The van der Waals surface area contributed by atoms with E-state index in [9.17, 15) is 4.79 Å². The van der Waals surface area contributed by atoms with Crippen LogP contribution in [0, 0.1) is 0 Å². The molecule has 0 spiro atoms. The minimum absolute atomic E-state index is 0.0909. The third-order valence-corrected chi connectivity index (χ3v) is 2.97. The maximum atomic E-state index is 11.7. The summed E-state index contributed by atoms with van der Waals surface area (Å²) < 4.78 is 2.03. The molecule has 0 aliphatic carbocycles. The van der Waals surface area contributed by atoms with Crippen molar-refractivity contribution in [1.82, 2.24) is 4.57 Å². The highest BCUT2D eigenvalue weighted by molar-refractivity contribution is 9.08. The molecule has 0 aliphatic rings. The van der Waals surface area contributed by atoms with E-state index in [0.717, 1.165) is 16.6 Å². The smallest absolute Gasteiger partial charge is 0.189 e. The Hall–Kier alpha value is -1.09. The van der Waals surface area contributed by atoms with E-state index >= 15 is 0 Å². The number of rotatable bonds is 1. The number of aromatic nitrogens is 1. The molecule has 1 aromatic carbocycles. The molecule has 0 N–H and O–H groups in total. The summed E-state index contributed by atoms with van der Waals surface area (Å²) in [4.78, 5) is 11.7. The molecule has 2 rings (SSSR count). The minimum Gasteiger partial charge on any atom is -0.347 e. The SMILES string of the molecule is Cn1c(CBr)cc(=O)c2ccccc21. The number of pyridine rings is 1. The van der Waals surface area contributed by atoms with Crippen LogP contribution in [0.3, 0.4) is 0 Å². The lowest BCUT2D eigenvalue weighted by molar-refractivity contribution is 0.892. The van der Waals surface area contributed by atoms with Gasteiger partial charge in [0, 0.05) is 29.5 Å². The van der Waals surface area contributed by atoms with Crippen LogP contribution in [0.15, 0.2) is 35.1 Å². The summed E-state index contributed by atoms with van der Waals surface area (Å²) in [6, 6.07) is 9.33. The van der Waals surface area contributed by atoms with Gasteiger partial charge in [-0.1, -0.05) is 28.1 Å². The average Bonchev–Trinajstić information content (AvgIpc) is 2.23. The lowest BCUT2D eigenvalue weighted by atomic mass is 10.2. The number of halogens is 1. The van der Waals surface area contributed by atoms with Crippen molar-refractivity contribution in [2.45, 2.75) is 5.33 Å². The van der Waals surface area contributed by atoms with Gasteiger partial charge < -0.3 is 4.57 Å². The molecule has 2 aromatic rings. The van der Waals surface area contributed by atoms with Gasteiger partial charge >= 0.3 is 0 Å². The highest BCUT2D eigenvalue weighted by Gasteiger charge is 2.03. The van der Waals surface area contributed by atoms with Crippen molar-refractivity contribution in [3.05, 3.63) is 46.2 Å². The average molecular weight is 252 g/mol. The van der Waals surface area contributed by atoms with Gasteiger partial charge in [0.05, 0.1) is 5.52 Å². The lowest BCUT2D eigenvalue weighted by Crippen LogP contribution is -2.10. The zero-order valence-corrected chi connectivity index (χ0v) is 9.41. The van der Waals surface area contributed by atoms with E-state index in [2.05, 4.69) is 15.9 Å². The largest absolute Gasteiger partial charge is 0.347 e. The predicted octanol–water partition coefficient (Wildman–Crippen LogP) is 2.43. The Morgan fingerprint density at radius 2 is 2.07 bits per heavy atom. The van der Waals surface area contributed by atoms with E-state index in [1.165, 1.54) is 0 Å². The fraction of sp³-hybridized carbons (Fsp3) is 0.182. The van der Waals surface area contributed by atoms with Crippen LogP contribution < -0.4 is 5.43 Å². The molecule has 14 heavy (non-hydrogen) atoms. The Kier molecular flexibility index (Phi) is 2.42. The number of para-hydroxylation sites is 1. The van der Waals surface area contributed by atoms with Crippen LogP contribution in [0.5, 0.6) is 0 Å². The molecule has 0 amide bonds. The van der Waals surface area contributed by atoms with Gasteiger partial charge in [0.15, 0.2) is 5.43 Å². The quantitative estimate of drug-likeness (QED) is 0.714. The van der Waals surface area contributed by atoms with Gasteiger partial charge in [-0.3, -0.25) is 4.79 Å². The fourth-order valence-electron chi connectivity index (χ4n) is 1.58. The van der Waals surface area contributed by atoms with E-state index in [0.29, 0.717) is 5.33 Å². The van der Waals surface area contributed by atoms with Crippen LogP contribution in [0.4, 0.5) is 0 Å². The van der Waals surface area contributed by atoms with Gasteiger partial charge in [-0.05, 0) is 12.1 Å². The first kappa shape index (κ1) is 9.46. The molecule has 0 radical (unpaired) electrons. The maximum absolute atomic E-state index is 11.7. The first-order valence-corrected chi connectivity index (χ1v) is 5.50. The van der Waals surface area contributed by atoms with Crippen LogP contribution >= 0.6 is 15.9 Å². The number of nitrogens with zero attached hydrogens (tertiary/aromatic N) is 1. The number of aryl methyl sites for hydroxylation is 1. The third-order valence-electron chi connectivity index (χ3n) is 2.40. The van der Waals surface area contributed by atoms with E-state index in [4.69, 9.17) is 0 Å². The molecule has 0 bridgehead atoms. The molecule has 0 atom stereocenters. The molecular formula is C11H10BrNO. The first-order chi connectivity index (χ1) is 6.74. The second-order valence-corrected chi connectivity index (χ2v) is 3.77. The zero-order valence-electron chi connectivity index (χ0n) is 7.83. The van der Waals surface area contributed by atoms with Crippen LogP contribution in [-0.2, 0) is 12.4 Å². The lowest BCUT2D eigenvalue weighted by Gasteiger charge is -2.09. The molecule has 72 valence electrons. The summed E-state index contributed by atoms with van der Waals surface area (Å²) in [5, 5.41) is 1.48. The maximum Gasteiger partial charge on any atom is 0.189 e. The highest BCUT2D eigenvalue weighted by Crippen LogP contribution is 2.12. The van der Waals surface area contributed by atoms with Gasteiger partial charge in [0.1, 0.15) is 0 Å². The topological polar surface area (TPSA) is 22.0 Å². The Balaban J connectivity index is 2.95. The van der Waals surface area contributed by atoms with Gasteiger partial charge in [0.25, 0.3) is 0 Å². The summed E-state index contributed by atoms with van der Waals surface area (Å²) in [6.07, 6.45) is 0. The van der Waals surface area contributed by atoms with Crippen molar-refractivity contribution in [2.75, 3.05) is 0 Å². The minimum atomic E-state index is 0.0909. The van der Waals surface area contributed by atoms with E-state index in [-0.39, 0.29) is 5.43 Å². The molecular weight excluding hydrogens is 242 g/mol. The molecule has 3 heteroatoms. The molecule has 1 heterocycles. The van der Waals surface area contributed by atoms with Crippen molar-refractivity contribution >= 4 is 26.8 Å². The number of hydrogen-bond acceptors (Lipinski definition) is 1. The van der Waals surface area contributed by atoms with Gasteiger partial charge in [-0.15, -0.1) is 0 Å². The van der Waals surface area contributed by atoms with Crippen molar-refractivity contribution < 1.29 is 0 Å². The van der Waals surface area contributed by atoms with Crippen LogP contribution in [0.25, 0.3) is 10.9 Å². The van der Waals surface area contributed by atoms with Crippen molar-refractivity contribution in [2.24, 2.45) is 7.05 Å². The monoisotopic (exact) mass is 251 g/mol. The number of alkyl halides is 1. The Morgan fingerprint density at radius 1 is 1.36 bits per heavy atom. The first-order valence-electron chi connectivity index (χ1n) is 4.37. The summed E-state index contributed by atoms with van der Waals surface area (Å²) >= 11 is 3.37. The summed E-state index contributed by atoms with van der Waals surface area (Å²) in [5.41, 5.74) is 2.07. The molecule has 1 aromatic heterocycles.